The number of hydrogen-bond acceptors (Lipinski definition) is 6. The van der Waals surface area contributed by atoms with Crippen LogP contribution < -0.4 is 15.8 Å². The lowest BCUT2D eigenvalue weighted by Gasteiger charge is -2.31. The van der Waals surface area contributed by atoms with Crippen molar-refractivity contribution in [3.8, 4) is 0 Å². The summed E-state index contributed by atoms with van der Waals surface area (Å²) in [4.78, 5) is 31.8. The Kier molecular flexibility index (Phi) is 5.82. The Morgan fingerprint density at radius 2 is 2.14 bits per heavy atom. The van der Waals surface area contributed by atoms with Crippen LogP contribution in [0.5, 0.6) is 0 Å². The first-order valence-corrected chi connectivity index (χ1v) is 10.8. The Balaban J connectivity index is 1.37. The predicted molar refractivity (Wildman–Crippen MR) is 115 cm³/mol. The van der Waals surface area contributed by atoms with Crippen molar-refractivity contribution in [3.05, 3.63) is 57.0 Å². The van der Waals surface area contributed by atoms with E-state index in [2.05, 4.69) is 20.3 Å². The third-order valence-electron chi connectivity index (χ3n) is 5.05. The second-order valence-corrected chi connectivity index (χ2v) is 8.64. The summed E-state index contributed by atoms with van der Waals surface area (Å²) in [6.07, 6.45) is 2.53. The van der Waals surface area contributed by atoms with Crippen molar-refractivity contribution < 1.29 is 4.79 Å². The van der Waals surface area contributed by atoms with Gasteiger partial charge in [0.05, 0.1) is 5.92 Å². The quantitative estimate of drug-likeness (QED) is 0.671. The molecule has 1 aliphatic rings. The highest BCUT2D eigenvalue weighted by Gasteiger charge is 2.27. The zero-order chi connectivity index (χ0) is 20.4. The minimum atomic E-state index is -0.177. The van der Waals surface area contributed by atoms with Crippen LogP contribution in [0.2, 0.25) is 5.02 Å². The molecule has 3 heterocycles. The molecule has 4 rings (SSSR count). The lowest BCUT2D eigenvalue weighted by Crippen LogP contribution is -2.43. The zero-order valence-electron chi connectivity index (χ0n) is 16.1. The number of aryl methyl sites for hydroxylation is 1. The van der Waals surface area contributed by atoms with Crippen molar-refractivity contribution in [1.82, 2.24) is 19.9 Å². The molecule has 0 bridgehead atoms. The van der Waals surface area contributed by atoms with Crippen LogP contribution in [0.3, 0.4) is 0 Å². The van der Waals surface area contributed by atoms with Crippen molar-refractivity contribution in [2.24, 2.45) is 5.92 Å². The van der Waals surface area contributed by atoms with Gasteiger partial charge in [0.2, 0.25) is 16.0 Å². The molecule has 1 aliphatic heterocycles. The van der Waals surface area contributed by atoms with E-state index >= 15 is 0 Å². The molecule has 1 saturated heterocycles. The van der Waals surface area contributed by atoms with Crippen LogP contribution in [-0.4, -0.2) is 40.1 Å². The van der Waals surface area contributed by atoms with Gasteiger partial charge >= 0.3 is 0 Å². The topological polar surface area (TPSA) is 79.6 Å². The van der Waals surface area contributed by atoms with Crippen LogP contribution in [-0.2, 0) is 11.2 Å². The van der Waals surface area contributed by atoms with Crippen LogP contribution in [0.15, 0.2) is 35.1 Å². The maximum atomic E-state index is 12.6. The van der Waals surface area contributed by atoms with E-state index in [9.17, 15) is 9.59 Å². The summed E-state index contributed by atoms with van der Waals surface area (Å²) in [6.45, 7) is 3.81. The number of carbonyl (C=O) groups is 1. The van der Waals surface area contributed by atoms with Crippen LogP contribution >= 0.6 is 22.9 Å². The molecule has 0 spiro atoms. The van der Waals surface area contributed by atoms with Crippen molar-refractivity contribution in [1.29, 1.82) is 0 Å². The van der Waals surface area contributed by atoms with Gasteiger partial charge in [-0.3, -0.25) is 9.59 Å². The Labute approximate surface area is 177 Å². The average Bonchev–Trinajstić information content (AvgIpc) is 3.14. The summed E-state index contributed by atoms with van der Waals surface area (Å²) in [7, 11) is 0. The fraction of sp³-hybridized carbons (Fsp3) is 0.400. The van der Waals surface area contributed by atoms with Crippen molar-refractivity contribution in [3.63, 3.8) is 0 Å². The van der Waals surface area contributed by atoms with Crippen LogP contribution in [0.25, 0.3) is 4.96 Å². The molecule has 0 saturated carbocycles. The molecule has 1 aromatic carbocycles. The molecule has 1 N–H and O–H groups in total. The van der Waals surface area contributed by atoms with E-state index in [4.69, 9.17) is 11.6 Å². The zero-order valence-corrected chi connectivity index (χ0v) is 17.7. The fourth-order valence-corrected chi connectivity index (χ4v) is 4.64. The molecule has 3 aromatic rings. The third-order valence-corrected chi connectivity index (χ3v) is 6.27. The number of piperidine rings is 1. The minimum absolute atomic E-state index is 0.0657. The first kappa shape index (κ1) is 19.8. The summed E-state index contributed by atoms with van der Waals surface area (Å²) < 4.78 is 1.34. The number of nitrogens with zero attached hydrogens (tertiary/aromatic N) is 4. The van der Waals surface area contributed by atoms with Gasteiger partial charge in [0.1, 0.15) is 0 Å². The van der Waals surface area contributed by atoms with E-state index in [0.29, 0.717) is 28.8 Å². The number of carbonyl (C=O) groups excluding carboxylic acids is 1. The third kappa shape index (κ3) is 4.59. The SMILES string of the molecule is Cc1cc(=O)n2nc(N3CCC[C@@H](C(=O)NCCc4ccc(Cl)cc4)C3)sc2n1. The summed E-state index contributed by atoms with van der Waals surface area (Å²) in [5.74, 6) is -0.0247. The van der Waals surface area contributed by atoms with E-state index in [-0.39, 0.29) is 17.4 Å². The molecule has 1 fully saturated rings. The molecule has 1 atom stereocenters. The summed E-state index contributed by atoms with van der Waals surface area (Å²) >= 11 is 7.29. The average molecular weight is 432 g/mol. The number of aromatic nitrogens is 3. The lowest BCUT2D eigenvalue weighted by atomic mass is 9.97. The van der Waals surface area contributed by atoms with Crippen molar-refractivity contribution in [2.45, 2.75) is 26.2 Å². The number of hydrogen-bond donors (Lipinski definition) is 1. The number of halogens is 1. The first-order valence-electron chi connectivity index (χ1n) is 9.64. The molecular formula is C20H22ClN5O2S. The number of benzene rings is 1. The molecule has 1 amide bonds. The van der Waals surface area contributed by atoms with E-state index in [0.717, 1.165) is 36.5 Å². The van der Waals surface area contributed by atoms with Crippen molar-refractivity contribution >= 4 is 38.9 Å². The monoisotopic (exact) mass is 431 g/mol. The van der Waals surface area contributed by atoms with E-state index in [1.807, 2.05) is 24.3 Å². The maximum Gasteiger partial charge on any atom is 0.275 e. The van der Waals surface area contributed by atoms with E-state index in [1.165, 1.54) is 21.9 Å². The number of nitrogens with one attached hydrogen (secondary N) is 1. The molecule has 7 nitrogen and oxygen atoms in total. The largest absolute Gasteiger partial charge is 0.355 e. The molecule has 9 heteroatoms. The molecule has 0 radical (unpaired) electrons. The number of amides is 1. The van der Waals surface area contributed by atoms with E-state index < -0.39 is 0 Å². The van der Waals surface area contributed by atoms with Gasteiger partial charge in [-0.05, 0) is 43.9 Å². The molecule has 29 heavy (non-hydrogen) atoms. The summed E-state index contributed by atoms with van der Waals surface area (Å²) in [5, 5.41) is 8.92. The Morgan fingerprint density at radius 3 is 2.93 bits per heavy atom. The second kappa shape index (κ2) is 8.51. The van der Waals surface area contributed by atoms with Gasteiger partial charge in [-0.25, -0.2) is 4.98 Å². The number of rotatable bonds is 5. The maximum absolute atomic E-state index is 12.6. The summed E-state index contributed by atoms with van der Waals surface area (Å²) in [6, 6.07) is 9.14. The van der Waals surface area contributed by atoms with Gasteiger partial charge in [-0.2, -0.15) is 4.52 Å². The highest BCUT2D eigenvalue weighted by atomic mass is 35.5. The minimum Gasteiger partial charge on any atom is -0.355 e. The Morgan fingerprint density at radius 1 is 1.34 bits per heavy atom. The Bertz CT molecular complexity index is 1080. The van der Waals surface area contributed by atoms with Gasteiger partial charge in [-0.15, -0.1) is 5.10 Å². The second-order valence-electron chi connectivity index (χ2n) is 7.27. The molecular weight excluding hydrogens is 410 g/mol. The molecule has 0 unspecified atom stereocenters. The smallest absolute Gasteiger partial charge is 0.275 e. The van der Waals surface area contributed by atoms with Crippen LogP contribution in [0.4, 0.5) is 5.13 Å². The number of anilines is 1. The van der Waals surface area contributed by atoms with Gasteiger partial charge in [-0.1, -0.05) is 35.1 Å². The predicted octanol–water partition coefficient (Wildman–Crippen LogP) is 2.69. The molecule has 2 aromatic heterocycles. The molecule has 152 valence electrons. The van der Waals surface area contributed by atoms with Crippen LogP contribution in [0, 0.1) is 12.8 Å². The lowest BCUT2D eigenvalue weighted by molar-refractivity contribution is -0.125. The van der Waals surface area contributed by atoms with Crippen LogP contribution in [0.1, 0.15) is 24.1 Å². The van der Waals surface area contributed by atoms with Gasteiger partial charge < -0.3 is 10.2 Å². The highest BCUT2D eigenvalue weighted by Crippen LogP contribution is 2.27. The fourth-order valence-electron chi connectivity index (χ4n) is 3.53. The summed E-state index contributed by atoms with van der Waals surface area (Å²) in [5.41, 5.74) is 1.65. The van der Waals surface area contributed by atoms with Gasteiger partial charge in [0.15, 0.2) is 0 Å². The number of fused-ring (bicyclic) bond motifs is 1. The molecule has 0 aliphatic carbocycles. The standard InChI is InChI=1S/C20H22ClN5O2S/c1-13-11-17(27)26-19(23-13)29-20(24-26)25-10-2-3-15(12-25)18(28)22-9-8-14-4-6-16(21)7-5-14/h4-7,11,15H,2-3,8-10,12H2,1H3,(H,22,28)/t15-/m1/s1. The van der Waals surface area contributed by atoms with Crippen molar-refractivity contribution in [2.75, 3.05) is 24.5 Å². The normalized spacial score (nSPS) is 16.9. The van der Waals surface area contributed by atoms with Gasteiger partial charge in [0, 0.05) is 36.4 Å². The first-order chi connectivity index (χ1) is 14.0. The van der Waals surface area contributed by atoms with Gasteiger partial charge in [0.25, 0.3) is 5.56 Å². The Hall–Kier alpha value is -2.45. The van der Waals surface area contributed by atoms with E-state index in [1.54, 1.807) is 6.92 Å². The highest BCUT2D eigenvalue weighted by molar-refractivity contribution is 7.20.